The molecule has 2 aromatic rings. The topological polar surface area (TPSA) is 37.4 Å². The van der Waals surface area contributed by atoms with E-state index in [1.54, 1.807) is 18.2 Å². The Bertz CT molecular complexity index is 880. The maximum Gasteiger partial charge on any atom is 0.273 e. The smallest absolute Gasteiger partial charge is 0.268 e. The highest BCUT2D eigenvalue weighted by Gasteiger charge is 2.37. The van der Waals surface area contributed by atoms with Crippen molar-refractivity contribution in [2.45, 2.75) is 0 Å². The molecule has 0 bridgehead atoms. The Morgan fingerprint density at radius 1 is 1.17 bits per heavy atom. The Morgan fingerprint density at radius 2 is 1.83 bits per heavy atom. The summed E-state index contributed by atoms with van der Waals surface area (Å²) >= 11 is 11.8. The van der Waals surface area contributed by atoms with Crippen LogP contribution in [0.25, 0.3) is 6.08 Å². The van der Waals surface area contributed by atoms with E-state index >= 15 is 0 Å². The highest BCUT2D eigenvalue weighted by molar-refractivity contribution is 14.1. The zero-order valence-corrected chi connectivity index (χ0v) is 17.4. The lowest BCUT2D eigenvalue weighted by atomic mass is 10.2. The van der Waals surface area contributed by atoms with Crippen LogP contribution in [0.5, 0.6) is 0 Å². The number of benzene rings is 2. The van der Waals surface area contributed by atoms with E-state index in [1.165, 1.54) is 0 Å². The predicted molar refractivity (Wildman–Crippen MR) is 113 cm³/mol. The number of halogens is 2. The maximum atomic E-state index is 12.7. The number of carbonyl (C=O) groups is 2. The average molecular weight is 530 g/mol. The highest BCUT2D eigenvalue weighted by Crippen LogP contribution is 2.34. The van der Waals surface area contributed by atoms with Gasteiger partial charge in [-0.3, -0.25) is 9.59 Å². The standard InChI is InChI=1S/C17H9BrINO2S2/c18-11-7-5-10(6-8-11)9-14-16(22)20(17(23)24-14)15(21)12-3-1-2-4-13(12)19/h1-9H. The van der Waals surface area contributed by atoms with Gasteiger partial charge in [0.1, 0.15) is 0 Å². The lowest BCUT2D eigenvalue weighted by molar-refractivity contribution is -0.120. The molecule has 1 fully saturated rings. The van der Waals surface area contributed by atoms with Crippen molar-refractivity contribution in [3.63, 3.8) is 0 Å². The molecule has 1 aliphatic rings. The van der Waals surface area contributed by atoms with E-state index in [9.17, 15) is 9.59 Å². The third kappa shape index (κ3) is 3.63. The first-order chi connectivity index (χ1) is 11.5. The lowest BCUT2D eigenvalue weighted by Crippen LogP contribution is -2.35. The zero-order chi connectivity index (χ0) is 17.3. The van der Waals surface area contributed by atoms with E-state index in [0.717, 1.165) is 30.3 Å². The maximum absolute atomic E-state index is 12.7. The molecule has 2 amide bonds. The first kappa shape index (κ1) is 17.8. The zero-order valence-electron chi connectivity index (χ0n) is 12.0. The second-order valence-corrected chi connectivity index (χ2v) is 8.61. The van der Waals surface area contributed by atoms with Crippen molar-refractivity contribution in [2.75, 3.05) is 0 Å². The fourth-order valence-corrected chi connectivity index (χ4v) is 4.24. The minimum Gasteiger partial charge on any atom is -0.268 e. The molecule has 0 aromatic heterocycles. The summed E-state index contributed by atoms with van der Waals surface area (Å²) in [5, 5.41) is 0. The normalized spacial score (nSPS) is 16.1. The summed E-state index contributed by atoms with van der Waals surface area (Å²) in [5.41, 5.74) is 1.35. The predicted octanol–water partition coefficient (Wildman–Crippen LogP) is 5.10. The van der Waals surface area contributed by atoms with Crippen LogP contribution >= 0.6 is 62.5 Å². The van der Waals surface area contributed by atoms with Gasteiger partial charge in [0.25, 0.3) is 11.8 Å². The number of carbonyl (C=O) groups excluding carboxylic acids is 2. The molecular formula is C17H9BrINO2S2. The fourth-order valence-electron chi connectivity index (χ4n) is 2.11. The number of hydrogen-bond acceptors (Lipinski definition) is 4. The van der Waals surface area contributed by atoms with E-state index in [-0.39, 0.29) is 16.1 Å². The van der Waals surface area contributed by atoms with Gasteiger partial charge in [-0.05, 0) is 58.5 Å². The van der Waals surface area contributed by atoms with Gasteiger partial charge in [0.2, 0.25) is 0 Å². The van der Waals surface area contributed by atoms with Crippen molar-refractivity contribution in [1.82, 2.24) is 4.90 Å². The van der Waals surface area contributed by atoms with E-state index < -0.39 is 0 Å². The molecule has 1 saturated heterocycles. The Kier molecular flexibility index (Phi) is 5.53. The first-order valence-electron chi connectivity index (χ1n) is 6.80. The van der Waals surface area contributed by atoms with Crippen LogP contribution in [0.1, 0.15) is 15.9 Å². The number of amides is 2. The molecule has 7 heteroatoms. The van der Waals surface area contributed by atoms with Crippen molar-refractivity contribution in [2.24, 2.45) is 0 Å². The monoisotopic (exact) mass is 529 g/mol. The molecule has 2 aromatic carbocycles. The molecule has 0 radical (unpaired) electrons. The van der Waals surface area contributed by atoms with Crippen molar-refractivity contribution < 1.29 is 9.59 Å². The van der Waals surface area contributed by atoms with Crippen LogP contribution in [-0.4, -0.2) is 21.0 Å². The number of hydrogen-bond donors (Lipinski definition) is 0. The van der Waals surface area contributed by atoms with Crippen LogP contribution < -0.4 is 0 Å². The summed E-state index contributed by atoms with van der Waals surface area (Å²) in [6.07, 6.45) is 1.75. The van der Waals surface area contributed by atoms with Crippen LogP contribution in [-0.2, 0) is 4.79 Å². The van der Waals surface area contributed by atoms with Crippen molar-refractivity contribution in [3.05, 3.63) is 72.6 Å². The lowest BCUT2D eigenvalue weighted by Gasteiger charge is -2.13. The van der Waals surface area contributed by atoms with Crippen LogP contribution in [0, 0.1) is 3.57 Å². The summed E-state index contributed by atoms with van der Waals surface area (Å²) in [6.45, 7) is 0. The summed E-state index contributed by atoms with van der Waals surface area (Å²) in [6, 6.07) is 14.7. The van der Waals surface area contributed by atoms with Gasteiger partial charge in [-0.25, -0.2) is 4.90 Å². The van der Waals surface area contributed by atoms with Gasteiger partial charge in [-0.15, -0.1) is 0 Å². The Balaban J connectivity index is 1.91. The van der Waals surface area contributed by atoms with E-state index in [4.69, 9.17) is 12.2 Å². The number of thioether (sulfide) groups is 1. The molecule has 0 saturated carbocycles. The van der Waals surface area contributed by atoms with Crippen LogP contribution in [0.3, 0.4) is 0 Å². The van der Waals surface area contributed by atoms with E-state index in [0.29, 0.717) is 10.5 Å². The molecule has 3 nitrogen and oxygen atoms in total. The summed E-state index contributed by atoms with van der Waals surface area (Å²) < 4.78 is 2.00. The molecular weight excluding hydrogens is 521 g/mol. The summed E-state index contributed by atoms with van der Waals surface area (Å²) in [5.74, 6) is -0.765. The second kappa shape index (κ2) is 7.47. The Morgan fingerprint density at radius 3 is 2.50 bits per heavy atom. The molecule has 1 aliphatic heterocycles. The van der Waals surface area contributed by atoms with Crippen molar-refractivity contribution in [1.29, 1.82) is 0 Å². The Hall–Kier alpha value is -1.03. The van der Waals surface area contributed by atoms with Crippen LogP contribution in [0.4, 0.5) is 0 Å². The van der Waals surface area contributed by atoms with Gasteiger partial charge in [0.15, 0.2) is 4.32 Å². The van der Waals surface area contributed by atoms with Crippen LogP contribution in [0.15, 0.2) is 57.9 Å². The largest absolute Gasteiger partial charge is 0.273 e. The summed E-state index contributed by atoms with van der Waals surface area (Å²) in [7, 11) is 0. The van der Waals surface area contributed by atoms with E-state index in [2.05, 4.69) is 38.5 Å². The summed E-state index contributed by atoms with van der Waals surface area (Å²) in [4.78, 5) is 26.8. The molecule has 24 heavy (non-hydrogen) atoms. The molecule has 120 valence electrons. The van der Waals surface area contributed by atoms with E-state index in [1.807, 2.05) is 36.4 Å². The SMILES string of the molecule is O=C1C(=Cc2ccc(Br)cc2)SC(=S)N1C(=O)c1ccccc1I. The number of rotatable bonds is 2. The number of thiocarbonyl (C=S) groups is 1. The molecule has 0 spiro atoms. The first-order valence-corrected chi connectivity index (χ1v) is 9.89. The number of imide groups is 1. The fraction of sp³-hybridized carbons (Fsp3) is 0. The Labute approximate surface area is 170 Å². The van der Waals surface area contributed by atoms with Gasteiger partial charge in [0.05, 0.1) is 10.5 Å². The van der Waals surface area contributed by atoms with Gasteiger partial charge in [-0.2, -0.15) is 0 Å². The molecule has 1 heterocycles. The molecule has 0 N–H and O–H groups in total. The van der Waals surface area contributed by atoms with Crippen LogP contribution in [0.2, 0.25) is 0 Å². The minimum absolute atomic E-state index is 0.257. The quantitative estimate of drug-likeness (QED) is 0.235. The molecule has 0 atom stereocenters. The van der Waals surface area contributed by atoms with Gasteiger partial charge in [-0.1, -0.05) is 64.2 Å². The van der Waals surface area contributed by atoms with Gasteiger partial charge >= 0.3 is 0 Å². The number of nitrogens with zero attached hydrogens (tertiary/aromatic N) is 1. The van der Waals surface area contributed by atoms with Gasteiger partial charge in [0, 0.05) is 8.04 Å². The molecule has 0 aliphatic carbocycles. The third-order valence-corrected chi connectivity index (χ3v) is 6.04. The minimum atomic E-state index is -0.387. The van der Waals surface area contributed by atoms with Crippen molar-refractivity contribution in [3.8, 4) is 0 Å². The highest BCUT2D eigenvalue weighted by atomic mass is 127. The second-order valence-electron chi connectivity index (χ2n) is 4.85. The molecule has 3 rings (SSSR count). The molecule has 0 unspecified atom stereocenters. The van der Waals surface area contributed by atoms with Gasteiger partial charge < -0.3 is 0 Å². The third-order valence-electron chi connectivity index (χ3n) is 3.27. The average Bonchev–Trinajstić information content (AvgIpc) is 2.83. The van der Waals surface area contributed by atoms with Crippen molar-refractivity contribution >= 4 is 84.7 Å².